The van der Waals surface area contributed by atoms with Crippen molar-refractivity contribution in [2.75, 3.05) is 13.7 Å². The molecule has 1 atom stereocenters. The number of nitrogens with one attached hydrogen (secondary N) is 1. The van der Waals surface area contributed by atoms with Crippen molar-refractivity contribution in [1.82, 2.24) is 10.5 Å². The third-order valence-electron chi connectivity index (χ3n) is 3.50. The molecule has 0 aliphatic heterocycles. The molecule has 7 heteroatoms. The maximum absolute atomic E-state index is 12.3. The van der Waals surface area contributed by atoms with Crippen LogP contribution in [0.5, 0.6) is 0 Å². The Morgan fingerprint density at radius 2 is 2.00 bits per heavy atom. The molecule has 0 aliphatic carbocycles. The number of carboxylic acid groups (broad SMARTS) is 1. The van der Waals surface area contributed by atoms with Crippen LogP contribution in [0.1, 0.15) is 29.5 Å². The van der Waals surface area contributed by atoms with Crippen LogP contribution in [0, 0.1) is 6.92 Å². The highest BCUT2D eigenvalue weighted by Gasteiger charge is 2.31. The monoisotopic (exact) mass is 332 g/mol. The number of benzene rings is 1. The largest absolute Gasteiger partial charge is 0.481 e. The Labute approximate surface area is 139 Å². The Hall–Kier alpha value is -2.67. The number of aryl methyl sites for hydroxylation is 1. The smallest absolute Gasteiger partial charge is 0.305 e. The second-order valence-corrected chi connectivity index (χ2v) is 5.96. The Morgan fingerprint density at radius 3 is 2.58 bits per heavy atom. The van der Waals surface area contributed by atoms with Crippen LogP contribution in [0.25, 0.3) is 11.3 Å². The fraction of sp³-hybridized carbons (Fsp3) is 0.353. The molecule has 1 aromatic carbocycles. The van der Waals surface area contributed by atoms with Crippen molar-refractivity contribution in [3.05, 3.63) is 41.7 Å². The molecule has 2 aromatic rings. The van der Waals surface area contributed by atoms with E-state index in [1.807, 2.05) is 31.2 Å². The summed E-state index contributed by atoms with van der Waals surface area (Å²) < 4.78 is 10.1. The fourth-order valence-electron chi connectivity index (χ4n) is 2.36. The van der Waals surface area contributed by atoms with Crippen molar-refractivity contribution in [1.29, 1.82) is 0 Å². The summed E-state index contributed by atoms with van der Waals surface area (Å²) in [6.07, 6.45) is -0.272. The SMILES string of the molecule is COCC(C)(CC(=O)O)NC(=O)c1cc(-c2ccc(C)cc2)no1. The van der Waals surface area contributed by atoms with E-state index < -0.39 is 17.4 Å². The number of aromatic nitrogens is 1. The summed E-state index contributed by atoms with van der Waals surface area (Å²) in [7, 11) is 1.44. The summed E-state index contributed by atoms with van der Waals surface area (Å²) in [5.41, 5.74) is 1.43. The van der Waals surface area contributed by atoms with Gasteiger partial charge in [0.15, 0.2) is 0 Å². The Bertz CT molecular complexity index is 723. The molecule has 1 heterocycles. The van der Waals surface area contributed by atoms with E-state index in [0.717, 1.165) is 11.1 Å². The molecule has 0 bridgehead atoms. The number of ether oxygens (including phenoxy) is 1. The molecular formula is C17H20N2O5. The predicted octanol–water partition coefficient (Wildman–Crippen LogP) is 2.26. The first-order chi connectivity index (χ1) is 11.3. The van der Waals surface area contributed by atoms with Gasteiger partial charge in [-0.05, 0) is 13.8 Å². The second kappa shape index (κ2) is 7.27. The van der Waals surface area contributed by atoms with E-state index in [2.05, 4.69) is 10.5 Å². The predicted molar refractivity (Wildman–Crippen MR) is 86.7 cm³/mol. The van der Waals surface area contributed by atoms with Crippen molar-refractivity contribution in [3.63, 3.8) is 0 Å². The number of hydrogen-bond donors (Lipinski definition) is 2. The molecule has 0 spiro atoms. The summed E-state index contributed by atoms with van der Waals surface area (Å²) in [5, 5.41) is 15.5. The average Bonchev–Trinajstić information content (AvgIpc) is 2.97. The van der Waals surface area contributed by atoms with E-state index in [4.69, 9.17) is 14.4 Å². The third kappa shape index (κ3) is 4.42. The molecule has 0 saturated heterocycles. The van der Waals surface area contributed by atoms with Gasteiger partial charge in [0.1, 0.15) is 5.69 Å². The molecule has 0 saturated carbocycles. The van der Waals surface area contributed by atoms with Gasteiger partial charge in [-0.3, -0.25) is 9.59 Å². The Morgan fingerprint density at radius 1 is 1.33 bits per heavy atom. The molecule has 24 heavy (non-hydrogen) atoms. The average molecular weight is 332 g/mol. The molecule has 2 N–H and O–H groups in total. The lowest BCUT2D eigenvalue weighted by molar-refractivity contribution is -0.139. The molecular weight excluding hydrogens is 312 g/mol. The van der Waals surface area contributed by atoms with E-state index in [0.29, 0.717) is 5.69 Å². The van der Waals surface area contributed by atoms with Crippen LogP contribution in [0.15, 0.2) is 34.9 Å². The zero-order chi connectivity index (χ0) is 17.7. The number of nitrogens with zero attached hydrogens (tertiary/aromatic N) is 1. The number of carbonyl (C=O) groups is 2. The van der Waals surface area contributed by atoms with Gasteiger partial charge in [0, 0.05) is 18.7 Å². The zero-order valence-electron chi connectivity index (χ0n) is 13.8. The molecule has 128 valence electrons. The van der Waals surface area contributed by atoms with Gasteiger partial charge in [0.25, 0.3) is 5.91 Å². The van der Waals surface area contributed by atoms with E-state index in [-0.39, 0.29) is 18.8 Å². The highest BCUT2D eigenvalue weighted by Crippen LogP contribution is 2.20. The zero-order valence-corrected chi connectivity index (χ0v) is 13.8. The molecule has 1 unspecified atom stereocenters. The van der Waals surface area contributed by atoms with Crippen molar-refractivity contribution in [2.45, 2.75) is 25.8 Å². The van der Waals surface area contributed by atoms with Crippen LogP contribution < -0.4 is 5.32 Å². The second-order valence-electron chi connectivity index (χ2n) is 5.96. The number of methoxy groups -OCH3 is 1. The highest BCUT2D eigenvalue weighted by molar-refractivity contribution is 5.93. The van der Waals surface area contributed by atoms with Crippen LogP contribution in [0.3, 0.4) is 0 Å². The number of carboxylic acids is 1. The van der Waals surface area contributed by atoms with Gasteiger partial charge in [0.05, 0.1) is 18.6 Å². The van der Waals surface area contributed by atoms with E-state index in [1.165, 1.54) is 13.2 Å². The normalized spacial score (nSPS) is 13.3. The minimum Gasteiger partial charge on any atom is -0.481 e. The van der Waals surface area contributed by atoms with Crippen molar-refractivity contribution in [3.8, 4) is 11.3 Å². The molecule has 0 aliphatic rings. The highest BCUT2D eigenvalue weighted by atomic mass is 16.5. The molecule has 1 amide bonds. The van der Waals surface area contributed by atoms with Gasteiger partial charge in [0.2, 0.25) is 5.76 Å². The van der Waals surface area contributed by atoms with Gasteiger partial charge < -0.3 is 19.7 Å². The van der Waals surface area contributed by atoms with E-state index in [9.17, 15) is 9.59 Å². The number of amides is 1. The first-order valence-corrected chi connectivity index (χ1v) is 7.40. The van der Waals surface area contributed by atoms with Crippen molar-refractivity contribution >= 4 is 11.9 Å². The Balaban J connectivity index is 2.15. The van der Waals surface area contributed by atoms with Gasteiger partial charge in [-0.25, -0.2) is 0 Å². The summed E-state index contributed by atoms with van der Waals surface area (Å²) >= 11 is 0. The Kier molecular flexibility index (Phi) is 5.35. The lowest BCUT2D eigenvalue weighted by Crippen LogP contribution is -2.50. The molecule has 0 fully saturated rings. The maximum Gasteiger partial charge on any atom is 0.305 e. The first-order valence-electron chi connectivity index (χ1n) is 7.40. The summed E-state index contributed by atoms with van der Waals surface area (Å²) in [6, 6.07) is 9.16. The quantitative estimate of drug-likeness (QED) is 0.806. The molecule has 1 aromatic heterocycles. The lowest BCUT2D eigenvalue weighted by Gasteiger charge is -2.27. The number of aliphatic carboxylic acids is 1. The first kappa shape index (κ1) is 17.7. The molecule has 0 radical (unpaired) electrons. The van der Waals surface area contributed by atoms with Gasteiger partial charge in [-0.2, -0.15) is 0 Å². The van der Waals surface area contributed by atoms with E-state index >= 15 is 0 Å². The van der Waals surface area contributed by atoms with E-state index in [1.54, 1.807) is 6.92 Å². The van der Waals surface area contributed by atoms with Gasteiger partial charge in [-0.1, -0.05) is 35.0 Å². The summed E-state index contributed by atoms with van der Waals surface area (Å²) in [6.45, 7) is 3.63. The third-order valence-corrected chi connectivity index (χ3v) is 3.50. The molecule has 2 rings (SSSR count). The van der Waals surface area contributed by atoms with Gasteiger partial charge >= 0.3 is 5.97 Å². The van der Waals surface area contributed by atoms with Crippen LogP contribution in [-0.2, 0) is 9.53 Å². The standard InChI is InChI=1S/C17H20N2O5/c1-11-4-6-12(7-5-11)13-8-14(24-19-13)16(22)18-17(2,10-23-3)9-15(20)21/h4-8H,9-10H2,1-3H3,(H,18,22)(H,20,21). The number of hydrogen-bond acceptors (Lipinski definition) is 5. The minimum atomic E-state index is -1.05. The number of rotatable bonds is 7. The van der Waals surface area contributed by atoms with Crippen LogP contribution in [-0.4, -0.2) is 41.4 Å². The van der Waals surface area contributed by atoms with Crippen molar-refractivity contribution < 1.29 is 24.0 Å². The van der Waals surface area contributed by atoms with Crippen LogP contribution in [0.4, 0.5) is 0 Å². The minimum absolute atomic E-state index is 0.0123. The van der Waals surface area contributed by atoms with Crippen molar-refractivity contribution in [2.24, 2.45) is 0 Å². The van der Waals surface area contributed by atoms with Gasteiger partial charge in [-0.15, -0.1) is 0 Å². The summed E-state index contributed by atoms with van der Waals surface area (Å²) in [5.74, 6) is -1.56. The molecule has 7 nitrogen and oxygen atoms in total. The fourth-order valence-corrected chi connectivity index (χ4v) is 2.36. The lowest BCUT2D eigenvalue weighted by atomic mass is 9.98. The topological polar surface area (TPSA) is 102 Å². The maximum atomic E-state index is 12.3. The van der Waals surface area contributed by atoms with Crippen LogP contribution >= 0.6 is 0 Å². The van der Waals surface area contributed by atoms with Crippen LogP contribution in [0.2, 0.25) is 0 Å². The summed E-state index contributed by atoms with van der Waals surface area (Å²) in [4.78, 5) is 23.3. The number of carbonyl (C=O) groups excluding carboxylic acids is 1.